The third kappa shape index (κ3) is 5.01. The molecule has 0 radical (unpaired) electrons. The maximum absolute atomic E-state index is 12.8. The Hall–Kier alpha value is -3.61. The lowest BCUT2D eigenvalue weighted by Crippen LogP contribution is -2.34. The Balaban J connectivity index is 1.82. The first kappa shape index (κ1) is 20.1. The van der Waals surface area contributed by atoms with Crippen LogP contribution in [0, 0.1) is 11.8 Å². The van der Waals surface area contributed by atoms with Gasteiger partial charge in [-0.15, -0.1) is 0 Å². The number of anilines is 2. The highest BCUT2D eigenvalue weighted by Crippen LogP contribution is 2.30. The van der Waals surface area contributed by atoms with Gasteiger partial charge in [0, 0.05) is 6.54 Å². The Morgan fingerprint density at radius 2 is 1.59 bits per heavy atom. The molecule has 0 heterocycles. The summed E-state index contributed by atoms with van der Waals surface area (Å²) in [6.45, 7) is 0.486. The van der Waals surface area contributed by atoms with Crippen molar-refractivity contribution in [3.63, 3.8) is 0 Å². The van der Waals surface area contributed by atoms with Crippen LogP contribution in [0.2, 0.25) is 0 Å². The predicted octanol–water partition coefficient (Wildman–Crippen LogP) is 3.60. The fourth-order valence-electron chi connectivity index (χ4n) is 3.33. The second-order valence-corrected chi connectivity index (χ2v) is 6.89. The van der Waals surface area contributed by atoms with Crippen LogP contribution in [0.25, 0.3) is 0 Å². The van der Waals surface area contributed by atoms with Gasteiger partial charge in [0.15, 0.2) is 0 Å². The van der Waals surface area contributed by atoms with E-state index in [2.05, 4.69) is 10.6 Å². The molecule has 0 saturated carbocycles. The van der Waals surface area contributed by atoms with Crippen LogP contribution in [0.15, 0.2) is 60.7 Å². The molecule has 2 aromatic carbocycles. The number of rotatable bonds is 7. The average molecular weight is 394 g/mol. The summed E-state index contributed by atoms with van der Waals surface area (Å²) in [5.41, 5.74) is 1.93. The molecule has 0 aliphatic heterocycles. The van der Waals surface area contributed by atoms with E-state index in [-0.39, 0.29) is 5.56 Å². The van der Waals surface area contributed by atoms with Gasteiger partial charge in [0.1, 0.15) is 0 Å². The number of carbonyl (C=O) groups excluding carboxylic acids is 1. The summed E-state index contributed by atoms with van der Waals surface area (Å²) in [6, 6.07) is 14.1. The second-order valence-electron chi connectivity index (χ2n) is 6.89. The van der Waals surface area contributed by atoms with Crippen LogP contribution < -0.4 is 10.6 Å². The van der Waals surface area contributed by atoms with E-state index in [1.807, 2.05) is 30.3 Å². The van der Waals surface area contributed by atoms with Gasteiger partial charge in [0.25, 0.3) is 0 Å². The number of allylic oxidation sites excluding steroid dienone is 2. The minimum absolute atomic E-state index is 0.0314. The Morgan fingerprint density at radius 1 is 0.897 bits per heavy atom. The Kier molecular flexibility index (Phi) is 6.29. The quantitative estimate of drug-likeness (QED) is 0.533. The summed E-state index contributed by atoms with van der Waals surface area (Å²) >= 11 is 0. The number of aliphatic carboxylic acids is 1. The summed E-state index contributed by atoms with van der Waals surface area (Å²) in [6.07, 6.45) is 4.18. The maximum atomic E-state index is 12.8. The molecule has 1 aliphatic rings. The van der Waals surface area contributed by atoms with Gasteiger partial charge in [-0.05, 0) is 36.6 Å². The number of benzene rings is 2. The maximum Gasteiger partial charge on any atom is 0.335 e. The van der Waals surface area contributed by atoms with Crippen molar-refractivity contribution in [1.29, 1.82) is 0 Å². The third-order valence-corrected chi connectivity index (χ3v) is 4.94. The van der Waals surface area contributed by atoms with Crippen LogP contribution >= 0.6 is 0 Å². The summed E-state index contributed by atoms with van der Waals surface area (Å²) in [4.78, 5) is 35.6. The molecule has 2 aromatic rings. The van der Waals surface area contributed by atoms with Crippen molar-refractivity contribution >= 4 is 29.2 Å². The van der Waals surface area contributed by atoms with Crippen LogP contribution in [-0.2, 0) is 16.1 Å². The molecule has 150 valence electrons. The highest BCUT2D eigenvalue weighted by atomic mass is 16.4. The molecule has 0 aromatic heterocycles. The zero-order valence-electron chi connectivity index (χ0n) is 15.7. The van der Waals surface area contributed by atoms with Crippen molar-refractivity contribution in [3.8, 4) is 0 Å². The number of hydrogen-bond donors (Lipinski definition) is 4. The highest BCUT2D eigenvalue weighted by Gasteiger charge is 2.34. The van der Waals surface area contributed by atoms with Gasteiger partial charge in [-0.25, -0.2) is 4.79 Å². The molecule has 4 N–H and O–H groups in total. The van der Waals surface area contributed by atoms with Crippen molar-refractivity contribution < 1.29 is 24.6 Å². The fraction of sp³-hybridized carbons (Fsp3) is 0.227. The molecule has 0 spiro atoms. The van der Waals surface area contributed by atoms with Crippen LogP contribution in [-0.4, -0.2) is 28.1 Å². The first-order chi connectivity index (χ1) is 14.0. The molecule has 1 amide bonds. The van der Waals surface area contributed by atoms with E-state index < -0.39 is 29.7 Å². The molecule has 0 unspecified atom stereocenters. The van der Waals surface area contributed by atoms with Gasteiger partial charge in [-0.1, -0.05) is 42.5 Å². The molecule has 0 bridgehead atoms. The molecule has 29 heavy (non-hydrogen) atoms. The molecule has 1 aliphatic carbocycles. The number of aromatic carboxylic acids is 1. The minimum atomic E-state index is -1.11. The first-order valence-corrected chi connectivity index (χ1v) is 9.29. The first-order valence-electron chi connectivity index (χ1n) is 9.29. The summed E-state index contributed by atoms with van der Waals surface area (Å²) < 4.78 is 0. The van der Waals surface area contributed by atoms with Crippen molar-refractivity contribution in [1.82, 2.24) is 0 Å². The largest absolute Gasteiger partial charge is 0.481 e. The van der Waals surface area contributed by atoms with Gasteiger partial charge in [0.05, 0.1) is 28.8 Å². The van der Waals surface area contributed by atoms with Crippen LogP contribution in [0.3, 0.4) is 0 Å². The SMILES string of the molecule is O=C(O)c1ccc(NCc2ccccc2)c(NC(=O)[C@H]2CC=CC[C@H]2C(=O)O)c1. The van der Waals surface area contributed by atoms with Crippen molar-refractivity contribution in [3.05, 3.63) is 71.8 Å². The molecule has 0 fully saturated rings. The fourth-order valence-corrected chi connectivity index (χ4v) is 3.33. The standard InChI is InChI=1S/C22H22N2O5/c25-20(16-8-4-5-9-17(16)22(28)29)24-19-12-15(21(26)27)10-11-18(19)23-13-14-6-2-1-3-7-14/h1-7,10-12,16-17,23H,8-9,13H2,(H,24,25)(H,26,27)(H,28,29)/t16-,17+/m0/s1. The molecule has 3 rings (SSSR count). The molecule has 2 atom stereocenters. The number of carboxylic acid groups (broad SMARTS) is 2. The van der Waals surface area contributed by atoms with Gasteiger partial charge >= 0.3 is 11.9 Å². The molecular weight excluding hydrogens is 372 g/mol. The predicted molar refractivity (Wildman–Crippen MR) is 109 cm³/mol. The number of carboxylic acids is 2. The molecular formula is C22H22N2O5. The normalized spacial score (nSPS) is 18.1. The lowest BCUT2D eigenvalue weighted by atomic mass is 9.82. The van der Waals surface area contributed by atoms with Gasteiger partial charge < -0.3 is 20.8 Å². The third-order valence-electron chi connectivity index (χ3n) is 4.94. The Labute approximate surface area is 168 Å². The van der Waals surface area contributed by atoms with Crippen molar-refractivity contribution in [2.24, 2.45) is 11.8 Å². The van der Waals surface area contributed by atoms with Crippen molar-refractivity contribution in [2.45, 2.75) is 19.4 Å². The van der Waals surface area contributed by atoms with Gasteiger partial charge in [-0.3, -0.25) is 9.59 Å². The summed E-state index contributed by atoms with van der Waals surface area (Å²) in [7, 11) is 0. The van der Waals surface area contributed by atoms with Crippen LogP contribution in [0.5, 0.6) is 0 Å². The monoisotopic (exact) mass is 394 g/mol. The lowest BCUT2D eigenvalue weighted by Gasteiger charge is -2.25. The second kappa shape index (κ2) is 9.05. The van der Waals surface area contributed by atoms with E-state index in [0.717, 1.165) is 5.56 Å². The molecule has 7 heteroatoms. The summed E-state index contributed by atoms with van der Waals surface area (Å²) in [5.74, 6) is -4.08. The van der Waals surface area contributed by atoms with E-state index >= 15 is 0 Å². The number of nitrogens with one attached hydrogen (secondary N) is 2. The number of amides is 1. The zero-order chi connectivity index (χ0) is 20.8. The van der Waals surface area contributed by atoms with E-state index in [1.54, 1.807) is 18.2 Å². The smallest absolute Gasteiger partial charge is 0.335 e. The topological polar surface area (TPSA) is 116 Å². The average Bonchev–Trinajstić information content (AvgIpc) is 2.73. The van der Waals surface area contributed by atoms with Crippen LogP contribution in [0.1, 0.15) is 28.8 Å². The van der Waals surface area contributed by atoms with E-state index in [9.17, 15) is 24.6 Å². The number of hydrogen-bond acceptors (Lipinski definition) is 4. The Morgan fingerprint density at radius 3 is 2.24 bits per heavy atom. The van der Waals surface area contributed by atoms with E-state index in [1.165, 1.54) is 12.1 Å². The van der Waals surface area contributed by atoms with Crippen LogP contribution in [0.4, 0.5) is 11.4 Å². The van der Waals surface area contributed by atoms with Gasteiger partial charge in [0.2, 0.25) is 5.91 Å². The van der Waals surface area contributed by atoms with E-state index in [4.69, 9.17) is 0 Å². The van der Waals surface area contributed by atoms with Gasteiger partial charge in [-0.2, -0.15) is 0 Å². The van der Waals surface area contributed by atoms with Crippen molar-refractivity contribution in [2.75, 3.05) is 10.6 Å². The number of carbonyl (C=O) groups is 3. The van der Waals surface area contributed by atoms with E-state index in [0.29, 0.717) is 30.8 Å². The molecule has 0 saturated heterocycles. The zero-order valence-corrected chi connectivity index (χ0v) is 15.7. The minimum Gasteiger partial charge on any atom is -0.481 e. The molecule has 7 nitrogen and oxygen atoms in total. The Bertz CT molecular complexity index is 939. The summed E-state index contributed by atoms with van der Waals surface area (Å²) in [5, 5.41) is 24.6. The lowest BCUT2D eigenvalue weighted by molar-refractivity contribution is -0.146. The highest BCUT2D eigenvalue weighted by molar-refractivity contribution is 6.00.